The van der Waals surface area contributed by atoms with Gasteiger partial charge in [-0.15, -0.1) is 0 Å². The van der Waals surface area contributed by atoms with Crippen LogP contribution in [0.3, 0.4) is 0 Å². The van der Waals surface area contributed by atoms with E-state index in [-0.39, 0.29) is 24.8 Å². The zero-order valence-corrected chi connectivity index (χ0v) is 21.3. The van der Waals surface area contributed by atoms with Gasteiger partial charge in [0.05, 0.1) is 16.3 Å². The minimum atomic E-state index is -0.297. The molecule has 1 aliphatic heterocycles. The van der Waals surface area contributed by atoms with Crippen LogP contribution in [0, 0.1) is 16.2 Å². The van der Waals surface area contributed by atoms with Crippen molar-refractivity contribution < 1.29 is 9.53 Å². The average Bonchev–Trinajstić information content (AvgIpc) is 3.17. The summed E-state index contributed by atoms with van der Waals surface area (Å²) in [6.07, 6.45) is 2.02. The summed E-state index contributed by atoms with van der Waals surface area (Å²) in [5, 5.41) is 0. The molecule has 5 rings (SSSR count). The van der Waals surface area contributed by atoms with E-state index in [9.17, 15) is 4.79 Å². The van der Waals surface area contributed by atoms with E-state index in [1.807, 2.05) is 12.1 Å². The molecule has 4 fully saturated rings. The number of fused-ring (bicyclic) bond motifs is 1. The number of hydrogen-bond donors (Lipinski definition) is 0. The number of benzene rings is 1. The molecule has 7 heteroatoms. The van der Waals surface area contributed by atoms with Gasteiger partial charge in [-0.25, -0.2) is 0 Å². The molecule has 4 nitrogen and oxygen atoms in total. The molecular weight excluding hydrogens is 552 g/mol. The molecule has 2 bridgehead atoms. The lowest BCUT2D eigenvalue weighted by Crippen LogP contribution is -2.73. The fourth-order valence-corrected chi connectivity index (χ4v) is 10.8. The van der Waals surface area contributed by atoms with E-state index in [2.05, 4.69) is 83.6 Å². The van der Waals surface area contributed by atoms with Gasteiger partial charge in [0.1, 0.15) is 5.75 Å². The number of amides is 1. The number of alkyl halides is 3. The Labute approximate surface area is 192 Å². The predicted molar refractivity (Wildman–Crippen MR) is 124 cm³/mol. The number of methoxy groups -OCH3 is 1. The van der Waals surface area contributed by atoms with Gasteiger partial charge in [-0.2, -0.15) is 0 Å². The Morgan fingerprint density at radius 1 is 1.11 bits per heavy atom. The van der Waals surface area contributed by atoms with E-state index in [0.717, 1.165) is 44.8 Å². The first kappa shape index (κ1) is 21.0. The van der Waals surface area contributed by atoms with Crippen molar-refractivity contribution in [1.82, 2.24) is 4.90 Å². The first-order chi connectivity index (χ1) is 13.2. The van der Waals surface area contributed by atoms with Gasteiger partial charge in [0.2, 0.25) is 5.91 Å². The topological polar surface area (TPSA) is 32.8 Å². The van der Waals surface area contributed by atoms with Crippen LogP contribution < -0.4 is 9.64 Å². The smallest absolute Gasteiger partial charge is 0.230 e. The summed E-state index contributed by atoms with van der Waals surface area (Å²) in [5.41, 5.74) is 0.924. The highest BCUT2D eigenvalue weighted by molar-refractivity contribution is 9.24. The van der Waals surface area contributed by atoms with Crippen molar-refractivity contribution in [2.24, 2.45) is 16.2 Å². The highest BCUT2D eigenvalue weighted by atomic mass is 79.9. The van der Waals surface area contributed by atoms with Gasteiger partial charge >= 0.3 is 0 Å². The van der Waals surface area contributed by atoms with Crippen molar-refractivity contribution in [2.45, 2.75) is 35.3 Å². The molecule has 1 amide bonds. The van der Waals surface area contributed by atoms with Gasteiger partial charge in [0.25, 0.3) is 0 Å². The number of anilines is 1. The molecule has 0 aromatic heterocycles. The Balaban J connectivity index is 1.46. The van der Waals surface area contributed by atoms with Crippen LogP contribution in [0.5, 0.6) is 5.75 Å². The molecule has 3 saturated carbocycles. The summed E-state index contributed by atoms with van der Waals surface area (Å²) in [6, 6.07) is 8.17. The molecule has 0 unspecified atom stereocenters. The van der Waals surface area contributed by atoms with Crippen LogP contribution >= 0.6 is 47.8 Å². The predicted octanol–water partition coefficient (Wildman–Crippen LogP) is 5.03. The second-order valence-electron chi connectivity index (χ2n) is 8.78. The quantitative estimate of drug-likeness (QED) is 0.470. The van der Waals surface area contributed by atoms with Crippen molar-refractivity contribution in [3.63, 3.8) is 0 Å². The fraction of sp³-hybridized carbons (Fsp3) is 0.667. The molecule has 0 radical (unpaired) electrons. The minimum absolute atomic E-state index is 0.0456. The molecule has 3 aliphatic carbocycles. The van der Waals surface area contributed by atoms with Gasteiger partial charge < -0.3 is 14.5 Å². The van der Waals surface area contributed by atoms with Crippen molar-refractivity contribution in [2.75, 3.05) is 38.2 Å². The van der Waals surface area contributed by atoms with Gasteiger partial charge in [-0.3, -0.25) is 4.79 Å². The van der Waals surface area contributed by atoms with Crippen molar-refractivity contribution in [3.8, 4) is 5.75 Å². The summed E-state index contributed by atoms with van der Waals surface area (Å²) < 4.78 is 5.46. The molecule has 1 heterocycles. The lowest BCUT2D eigenvalue weighted by atomic mass is 9.43. The minimum Gasteiger partial charge on any atom is -0.497 e. The van der Waals surface area contributed by atoms with E-state index < -0.39 is 0 Å². The van der Waals surface area contributed by atoms with Crippen LogP contribution in [-0.2, 0) is 4.79 Å². The molecule has 1 aromatic rings. The molecule has 3 atom stereocenters. The van der Waals surface area contributed by atoms with E-state index in [0.29, 0.717) is 5.91 Å². The van der Waals surface area contributed by atoms with Crippen molar-refractivity contribution >= 4 is 59.4 Å². The second-order valence-corrected chi connectivity index (χ2v) is 12.8. The fourth-order valence-electron chi connectivity index (χ4n) is 5.91. The third-order valence-electron chi connectivity index (χ3n) is 7.87. The lowest BCUT2D eigenvalue weighted by molar-refractivity contribution is -0.173. The molecule has 0 spiro atoms. The Morgan fingerprint density at radius 2 is 1.71 bits per heavy atom. The first-order valence-corrected chi connectivity index (χ1v) is 12.6. The maximum atomic E-state index is 13.7. The maximum Gasteiger partial charge on any atom is 0.230 e. The van der Waals surface area contributed by atoms with Crippen LogP contribution in [0.1, 0.15) is 26.7 Å². The molecule has 0 N–H and O–H groups in total. The molecule has 1 aromatic carbocycles. The monoisotopic (exact) mass is 576 g/mol. The number of rotatable bonds is 4. The van der Waals surface area contributed by atoms with Crippen molar-refractivity contribution in [1.29, 1.82) is 0 Å². The third-order valence-corrected chi connectivity index (χ3v) is 11.1. The highest BCUT2D eigenvalue weighted by Gasteiger charge is 2.83. The number of halogens is 3. The van der Waals surface area contributed by atoms with E-state index in [4.69, 9.17) is 4.74 Å². The largest absolute Gasteiger partial charge is 0.497 e. The summed E-state index contributed by atoms with van der Waals surface area (Å²) >= 11 is 11.5. The molecule has 4 aliphatic rings. The van der Waals surface area contributed by atoms with Crippen LogP contribution in [-0.4, -0.2) is 52.7 Å². The molecular formula is C21H27Br3N2O2. The summed E-state index contributed by atoms with van der Waals surface area (Å²) in [4.78, 5) is 18.4. The van der Waals surface area contributed by atoms with Crippen LogP contribution in [0.4, 0.5) is 5.69 Å². The van der Waals surface area contributed by atoms with E-state index in [1.165, 1.54) is 5.69 Å². The Kier molecular flexibility index (Phi) is 5.36. The number of carbonyl (C=O) groups is 1. The average molecular weight is 579 g/mol. The summed E-state index contributed by atoms with van der Waals surface area (Å²) in [6.45, 7) is 7.85. The second kappa shape index (κ2) is 7.16. The Morgan fingerprint density at radius 3 is 2.18 bits per heavy atom. The molecule has 154 valence electrons. The summed E-state index contributed by atoms with van der Waals surface area (Å²) in [5.74, 6) is 1.20. The SMILES string of the molecule is COc1ccc(N2CCN(C(=O)[C@]34CC[C@](C(Br)Br)([C@H]3Br)C4(C)C)CC2)cc1. The number of nitrogens with zero attached hydrogens (tertiary/aromatic N) is 2. The van der Waals surface area contributed by atoms with E-state index in [1.54, 1.807) is 7.11 Å². The standard InChI is InChI=1S/C21H27Br3N2O2/c1-19(2)20(17(23)24)8-9-21(19,16(20)22)18(27)26-12-10-25(11-13-26)14-4-6-15(28-3)7-5-14/h4-7,16-17H,8-13H2,1-3H3/t16-,20-,21+/m1/s1. The number of hydrogen-bond acceptors (Lipinski definition) is 3. The zero-order chi connectivity index (χ0) is 20.3. The third kappa shape index (κ3) is 2.54. The number of carbonyl (C=O) groups excluding carboxylic acids is 1. The van der Waals surface area contributed by atoms with Crippen LogP contribution in [0.2, 0.25) is 0 Å². The molecule has 1 saturated heterocycles. The highest BCUT2D eigenvalue weighted by Crippen LogP contribution is 2.82. The Hall–Kier alpha value is -0.270. The number of piperazine rings is 1. The van der Waals surface area contributed by atoms with Gasteiger partial charge in [-0.05, 0) is 42.5 Å². The maximum absolute atomic E-state index is 13.7. The van der Waals surface area contributed by atoms with Gasteiger partial charge in [0.15, 0.2) is 0 Å². The zero-order valence-electron chi connectivity index (χ0n) is 16.6. The summed E-state index contributed by atoms with van der Waals surface area (Å²) in [7, 11) is 1.68. The number of ether oxygens (including phenoxy) is 1. The normalized spacial score (nSPS) is 33.8. The first-order valence-electron chi connectivity index (χ1n) is 9.83. The van der Waals surface area contributed by atoms with Gasteiger partial charge in [0, 0.05) is 42.1 Å². The van der Waals surface area contributed by atoms with Crippen LogP contribution in [0.15, 0.2) is 24.3 Å². The Bertz CT molecular complexity index is 761. The van der Waals surface area contributed by atoms with Gasteiger partial charge in [-0.1, -0.05) is 61.6 Å². The van der Waals surface area contributed by atoms with E-state index >= 15 is 0 Å². The molecule has 28 heavy (non-hydrogen) atoms. The lowest BCUT2D eigenvalue weighted by Gasteiger charge is -2.67. The van der Waals surface area contributed by atoms with Crippen molar-refractivity contribution in [3.05, 3.63) is 24.3 Å². The van der Waals surface area contributed by atoms with Crippen LogP contribution in [0.25, 0.3) is 0 Å².